The standard InChI is InChI=1S/C45H45N3O6/c1-7-46(8-2)34-16-13-28-22-37(43(49)52-40(28)25-34)31-19-32(38-23-29-14-17-35(47(9-3)10-4)26-41(29)53-44(38)50)21-33(20-31)39-24-30-15-18-36(48(11-5)12-6)27-42(30)54-45(39)51/h13-27H,7-12H2,1-6H3. The first-order valence-electron chi connectivity index (χ1n) is 18.8. The van der Waals surface area contributed by atoms with Crippen LogP contribution in [0.3, 0.4) is 0 Å². The minimum atomic E-state index is -0.536. The third-order valence-electron chi connectivity index (χ3n) is 10.4. The summed E-state index contributed by atoms with van der Waals surface area (Å²) in [5.41, 5.74) is 5.05. The highest BCUT2D eigenvalue weighted by molar-refractivity contribution is 5.91. The van der Waals surface area contributed by atoms with Crippen molar-refractivity contribution in [3.8, 4) is 33.4 Å². The van der Waals surface area contributed by atoms with Crippen LogP contribution in [0.25, 0.3) is 66.3 Å². The van der Waals surface area contributed by atoms with Gasteiger partial charge in [-0.05, 0) is 131 Å². The molecule has 0 saturated carbocycles. The summed E-state index contributed by atoms with van der Waals surface area (Å²) in [6, 6.07) is 28.2. The van der Waals surface area contributed by atoms with Crippen LogP contribution in [-0.4, -0.2) is 39.3 Å². The van der Waals surface area contributed by atoms with E-state index in [4.69, 9.17) is 13.3 Å². The number of anilines is 3. The van der Waals surface area contributed by atoms with Gasteiger partial charge in [0.2, 0.25) is 0 Å². The first-order valence-corrected chi connectivity index (χ1v) is 18.8. The quantitative estimate of drug-likeness (QED) is 0.114. The number of benzene rings is 4. The maximum Gasteiger partial charge on any atom is 0.344 e. The normalized spacial score (nSPS) is 11.4. The maximum absolute atomic E-state index is 13.8. The largest absolute Gasteiger partial charge is 0.422 e. The molecule has 3 aromatic heterocycles. The van der Waals surface area contributed by atoms with Crippen molar-refractivity contribution < 1.29 is 13.3 Å². The number of nitrogens with zero attached hydrogens (tertiary/aromatic N) is 3. The Balaban J connectivity index is 1.42. The Morgan fingerprint density at radius 2 is 0.630 bits per heavy atom. The van der Waals surface area contributed by atoms with E-state index in [1.54, 1.807) is 36.4 Å². The van der Waals surface area contributed by atoms with E-state index >= 15 is 0 Å². The molecule has 7 rings (SSSR count). The molecule has 0 bridgehead atoms. The van der Waals surface area contributed by atoms with Crippen LogP contribution in [0.4, 0.5) is 17.1 Å². The van der Waals surface area contributed by atoms with Gasteiger partial charge in [-0.1, -0.05) is 0 Å². The average Bonchev–Trinajstić information content (AvgIpc) is 3.18. The highest BCUT2D eigenvalue weighted by Gasteiger charge is 2.19. The van der Waals surface area contributed by atoms with Crippen LogP contribution >= 0.6 is 0 Å². The zero-order valence-corrected chi connectivity index (χ0v) is 31.7. The van der Waals surface area contributed by atoms with E-state index in [0.717, 1.165) is 72.5 Å². The molecule has 4 aromatic carbocycles. The summed E-state index contributed by atoms with van der Waals surface area (Å²) in [6.07, 6.45) is 0. The molecule has 0 aliphatic heterocycles. The van der Waals surface area contributed by atoms with Gasteiger partial charge < -0.3 is 28.0 Å². The fourth-order valence-electron chi connectivity index (χ4n) is 7.35. The van der Waals surface area contributed by atoms with E-state index in [0.29, 0.717) is 50.1 Å². The molecule has 276 valence electrons. The molecule has 0 radical (unpaired) electrons. The molecular weight excluding hydrogens is 679 g/mol. The highest BCUT2D eigenvalue weighted by atomic mass is 16.4. The number of hydrogen-bond donors (Lipinski definition) is 0. The van der Waals surface area contributed by atoms with Crippen molar-refractivity contribution >= 4 is 50.0 Å². The zero-order valence-electron chi connectivity index (χ0n) is 31.7. The van der Waals surface area contributed by atoms with Crippen molar-refractivity contribution in [2.24, 2.45) is 0 Å². The van der Waals surface area contributed by atoms with E-state index in [-0.39, 0.29) is 0 Å². The molecule has 3 heterocycles. The predicted octanol–water partition coefficient (Wildman–Crippen LogP) is 9.55. The molecule has 0 aliphatic carbocycles. The SMILES string of the molecule is CCN(CC)c1ccc2cc(-c3cc(-c4cc5ccc(N(CC)CC)cc5oc4=O)cc(-c4cc5ccc(N(CC)CC)cc5oc4=O)c3)c(=O)oc2c1. The lowest BCUT2D eigenvalue weighted by Crippen LogP contribution is -2.21. The molecule has 0 N–H and O–H groups in total. The Bertz CT molecular complexity index is 2370. The molecule has 0 amide bonds. The van der Waals surface area contributed by atoms with Crippen molar-refractivity contribution in [3.05, 3.63) is 122 Å². The van der Waals surface area contributed by atoms with Crippen molar-refractivity contribution in [1.29, 1.82) is 0 Å². The van der Waals surface area contributed by atoms with Gasteiger partial charge in [0.25, 0.3) is 0 Å². The Morgan fingerprint density at radius 1 is 0.370 bits per heavy atom. The molecule has 0 aliphatic rings. The Morgan fingerprint density at radius 3 is 0.870 bits per heavy atom. The summed E-state index contributed by atoms with van der Waals surface area (Å²) in [7, 11) is 0. The Hall–Kier alpha value is -6.09. The van der Waals surface area contributed by atoms with Crippen LogP contribution in [0, 0.1) is 0 Å². The first-order chi connectivity index (χ1) is 26.2. The minimum Gasteiger partial charge on any atom is -0.422 e. The number of hydrogen-bond acceptors (Lipinski definition) is 9. The van der Waals surface area contributed by atoms with Crippen LogP contribution in [0.2, 0.25) is 0 Å². The fourth-order valence-corrected chi connectivity index (χ4v) is 7.35. The summed E-state index contributed by atoms with van der Waals surface area (Å²) < 4.78 is 17.8. The topological polar surface area (TPSA) is 100 Å². The van der Waals surface area contributed by atoms with E-state index in [9.17, 15) is 14.4 Å². The van der Waals surface area contributed by atoms with Crippen LogP contribution in [-0.2, 0) is 0 Å². The first kappa shape index (κ1) is 36.3. The second-order valence-electron chi connectivity index (χ2n) is 13.3. The van der Waals surface area contributed by atoms with Gasteiger partial charge in [-0.3, -0.25) is 0 Å². The van der Waals surface area contributed by atoms with E-state index < -0.39 is 16.9 Å². The van der Waals surface area contributed by atoms with E-state index in [1.807, 2.05) is 54.6 Å². The van der Waals surface area contributed by atoms with E-state index in [1.165, 1.54) is 0 Å². The fraction of sp³-hybridized carbons (Fsp3) is 0.267. The van der Waals surface area contributed by atoms with Gasteiger partial charge in [0.1, 0.15) is 16.7 Å². The summed E-state index contributed by atoms with van der Waals surface area (Å²) in [5.74, 6) is 0. The smallest absolute Gasteiger partial charge is 0.344 e. The summed E-state index contributed by atoms with van der Waals surface area (Å²) >= 11 is 0. The lowest BCUT2D eigenvalue weighted by atomic mass is 9.94. The van der Waals surface area contributed by atoms with Gasteiger partial charge in [0, 0.05) is 90.7 Å². The van der Waals surface area contributed by atoms with Crippen LogP contribution in [0.15, 0.2) is 119 Å². The van der Waals surface area contributed by atoms with Crippen LogP contribution < -0.4 is 31.6 Å². The van der Waals surface area contributed by atoms with Gasteiger partial charge in [0.05, 0.1) is 16.7 Å². The van der Waals surface area contributed by atoms with Gasteiger partial charge in [-0.15, -0.1) is 0 Å². The second kappa shape index (κ2) is 15.1. The third kappa shape index (κ3) is 6.77. The highest BCUT2D eigenvalue weighted by Crippen LogP contribution is 2.34. The van der Waals surface area contributed by atoms with Gasteiger partial charge in [0.15, 0.2) is 0 Å². The van der Waals surface area contributed by atoms with E-state index in [2.05, 4.69) is 56.2 Å². The summed E-state index contributed by atoms with van der Waals surface area (Å²) in [5, 5.41) is 2.24. The molecule has 0 fully saturated rings. The molecular formula is C45H45N3O6. The molecule has 9 heteroatoms. The number of rotatable bonds is 12. The molecule has 9 nitrogen and oxygen atoms in total. The Kier molecular flexibility index (Phi) is 10.1. The minimum absolute atomic E-state index is 0.296. The number of fused-ring (bicyclic) bond motifs is 3. The van der Waals surface area contributed by atoms with Gasteiger partial charge >= 0.3 is 16.9 Å². The molecule has 54 heavy (non-hydrogen) atoms. The van der Waals surface area contributed by atoms with Crippen molar-refractivity contribution in [2.45, 2.75) is 41.5 Å². The van der Waals surface area contributed by atoms with Crippen molar-refractivity contribution in [3.63, 3.8) is 0 Å². The summed E-state index contributed by atoms with van der Waals surface area (Å²) in [6.45, 7) is 17.4. The maximum atomic E-state index is 13.8. The third-order valence-corrected chi connectivity index (χ3v) is 10.4. The van der Waals surface area contributed by atoms with Gasteiger partial charge in [-0.2, -0.15) is 0 Å². The average molecular weight is 724 g/mol. The molecule has 0 atom stereocenters. The van der Waals surface area contributed by atoms with Gasteiger partial charge in [-0.25, -0.2) is 14.4 Å². The molecule has 0 saturated heterocycles. The lowest BCUT2D eigenvalue weighted by molar-refractivity contribution is 0.563. The summed E-state index contributed by atoms with van der Waals surface area (Å²) in [4.78, 5) is 47.8. The Labute approximate surface area is 313 Å². The lowest BCUT2D eigenvalue weighted by Gasteiger charge is -2.21. The van der Waals surface area contributed by atoms with Crippen LogP contribution in [0.5, 0.6) is 0 Å². The monoisotopic (exact) mass is 723 g/mol. The molecule has 7 aromatic rings. The molecule has 0 unspecified atom stereocenters. The molecule has 0 spiro atoms. The second-order valence-corrected chi connectivity index (χ2v) is 13.3. The zero-order chi connectivity index (χ0) is 38.1. The van der Waals surface area contributed by atoms with Crippen LogP contribution in [0.1, 0.15) is 41.5 Å². The van der Waals surface area contributed by atoms with Crippen molar-refractivity contribution in [1.82, 2.24) is 0 Å². The predicted molar refractivity (Wildman–Crippen MR) is 222 cm³/mol. The van der Waals surface area contributed by atoms with Crippen molar-refractivity contribution in [2.75, 3.05) is 54.0 Å².